The van der Waals surface area contributed by atoms with Crippen molar-refractivity contribution in [3.05, 3.63) is 0 Å². The van der Waals surface area contributed by atoms with E-state index in [-0.39, 0.29) is 12.5 Å². The fourth-order valence-corrected chi connectivity index (χ4v) is 2.36. The monoisotopic (exact) mass is 183 g/mol. The molecule has 1 N–H and O–H groups in total. The lowest BCUT2D eigenvalue weighted by molar-refractivity contribution is -0.132. The Morgan fingerprint density at radius 2 is 2.00 bits per heavy atom. The molecule has 1 aliphatic carbocycles. The van der Waals surface area contributed by atoms with Crippen molar-refractivity contribution in [2.75, 3.05) is 13.2 Å². The number of nitrogens with one attached hydrogen (secondary N) is 1. The van der Waals surface area contributed by atoms with Crippen LogP contribution in [0.15, 0.2) is 0 Å². The second-order valence-corrected chi connectivity index (χ2v) is 4.09. The Morgan fingerprint density at radius 1 is 1.23 bits per heavy atom. The molecular weight excluding hydrogens is 166 g/mol. The Labute approximate surface area is 78.8 Å². The van der Waals surface area contributed by atoms with Gasteiger partial charge in [-0.15, -0.1) is 0 Å². The van der Waals surface area contributed by atoms with Crippen molar-refractivity contribution in [1.29, 1.82) is 0 Å². The minimum atomic E-state index is 0.0572. The maximum Gasteiger partial charge on any atom is 0.246 e. The molecule has 1 saturated heterocycles. The molecular formula is C10H17NO2. The Kier molecular flexibility index (Phi) is 2.83. The van der Waals surface area contributed by atoms with E-state index in [0.29, 0.717) is 12.0 Å². The fraction of sp³-hybridized carbons (Fsp3) is 0.900. The molecule has 1 heterocycles. The first-order chi connectivity index (χ1) is 6.36. The minimum Gasteiger partial charge on any atom is -0.370 e. The maximum atomic E-state index is 11.1. The van der Waals surface area contributed by atoms with Crippen LogP contribution in [0.1, 0.15) is 32.1 Å². The zero-order valence-corrected chi connectivity index (χ0v) is 7.92. The number of ether oxygens (including phenoxy) is 1. The van der Waals surface area contributed by atoms with Crippen molar-refractivity contribution in [2.24, 2.45) is 5.92 Å². The van der Waals surface area contributed by atoms with Crippen molar-refractivity contribution < 1.29 is 9.53 Å². The van der Waals surface area contributed by atoms with E-state index >= 15 is 0 Å². The van der Waals surface area contributed by atoms with Crippen LogP contribution in [-0.4, -0.2) is 25.2 Å². The second-order valence-electron chi connectivity index (χ2n) is 4.09. The first kappa shape index (κ1) is 9.00. The summed E-state index contributed by atoms with van der Waals surface area (Å²) in [5.41, 5.74) is 0. The molecule has 0 aromatic rings. The third kappa shape index (κ3) is 2.21. The summed E-state index contributed by atoms with van der Waals surface area (Å²) in [7, 11) is 0. The number of carbonyl (C=O) groups is 1. The van der Waals surface area contributed by atoms with Gasteiger partial charge in [-0.25, -0.2) is 0 Å². The van der Waals surface area contributed by atoms with E-state index in [1.54, 1.807) is 0 Å². The average Bonchev–Trinajstić information content (AvgIpc) is 2.19. The lowest BCUT2D eigenvalue weighted by Gasteiger charge is -2.33. The van der Waals surface area contributed by atoms with E-state index in [9.17, 15) is 4.79 Å². The highest BCUT2D eigenvalue weighted by molar-refractivity contribution is 5.78. The molecule has 2 fully saturated rings. The molecule has 0 aromatic carbocycles. The normalized spacial score (nSPS) is 31.4. The molecule has 2 aliphatic rings. The van der Waals surface area contributed by atoms with Crippen LogP contribution in [0.5, 0.6) is 0 Å². The predicted octanol–water partition coefficient (Wildman–Crippen LogP) is 1.08. The number of morpholine rings is 1. The summed E-state index contributed by atoms with van der Waals surface area (Å²) in [5, 5.41) is 3.02. The second kappa shape index (κ2) is 4.09. The first-order valence-electron chi connectivity index (χ1n) is 5.23. The zero-order chi connectivity index (χ0) is 9.10. The quantitative estimate of drug-likeness (QED) is 0.660. The van der Waals surface area contributed by atoms with Gasteiger partial charge in [0.05, 0.1) is 12.6 Å². The Balaban J connectivity index is 1.87. The van der Waals surface area contributed by atoms with Gasteiger partial charge >= 0.3 is 0 Å². The molecule has 0 bridgehead atoms. The smallest absolute Gasteiger partial charge is 0.246 e. The van der Waals surface area contributed by atoms with Gasteiger partial charge < -0.3 is 10.1 Å². The van der Waals surface area contributed by atoms with Crippen LogP contribution >= 0.6 is 0 Å². The standard InChI is InChI=1S/C10H17NO2/c12-10-7-13-6-9(11-10)8-4-2-1-3-5-8/h8-9H,1-7H2,(H,11,12)/t9-/m0/s1. The average molecular weight is 183 g/mol. The summed E-state index contributed by atoms with van der Waals surface area (Å²) in [6.07, 6.45) is 6.51. The molecule has 2 rings (SSSR count). The van der Waals surface area contributed by atoms with Crippen LogP contribution < -0.4 is 5.32 Å². The van der Waals surface area contributed by atoms with E-state index < -0.39 is 0 Å². The summed E-state index contributed by atoms with van der Waals surface area (Å²) in [4.78, 5) is 11.1. The van der Waals surface area contributed by atoms with E-state index in [4.69, 9.17) is 4.74 Å². The van der Waals surface area contributed by atoms with Crippen LogP contribution in [0, 0.1) is 5.92 Å². The zero-order valence-electron chi connectivity index (χ0n) is 7.92. The van der Waals surface area contributed by atoms with Gasteiger partial charge in [-0.1, -0.05) is 19.3 Å². The van der Waals surface area contributed by atoms with Crippen LogP contribution in [0.25, 0.3) is 0 Å². The molecule has 0 radical (unpaired) electrons. The van der Waals surface area contributed by atoms with Crippen molar-refractivity contribution in [3.63, 3.8) is 0 Å². The van der Waals surface area contributed by atoms with Gasteiger partial charge in [0, 0.05) is 0 Å². The van der Waals surface area contributed by atoms with Crippen molar-refractivity contribution in [1.82, 2.24) is 5.32 Å². The lowest BCUT2D eigenvalue weighted by atomic mass is 9.84. The van der Waals surface area contributed by atoms with Gasteiger partial charge in [0.25, 0.3) is 0 Å². The van der Waals surface area contributed by atoms with Gasteiger partial charge in [-0.3, -0.25) is 4.79 Å². The molecule has 0 aromatic heterocycles. The summed E-state index contributed by atoms with van der Waals surface area (Å²) in [5.74, 6) is 0.722. The van der Waals surface area contributed by atoms with Crippen LogP contribution in [0.3, 0.4) is 0 Å². The largest absolute Gasteiger partial charge is 0.370 e. The van der Waals surface area contributed by atoms with Gasteiger partial charge in [0.15, 0.2) is 0 Å². The van der Waals surface area contributed by atoms with Gasteiger partial charge in [-0.05, 0) is 18.8 Å². The van der Waals surface area contributed by atoms with Crippen LogP contribution in [0.2, 0.25) is 0 Å². The number of amides is 1. The molecule has 1 atom stereocenters. The molecule has 13 heavy (non-hydrogen) atoms. The van der Waals surface area contributed by atoms with E-state index in [2.05, 4.69) is 5.32 Å². The number of carbonyl (C=O) groups excluding carboxylic acids is 1. The third-order valence-electron chi connectivity index (χ3n) is 3.10. The Bertz CT molecular complexity index is 187. The number of hydrogen-bond donors (Lipinski definition) is 1. The molecule has 3 heteroatoms. The third-order valence-corrected chi connectivity index (χ3v) is 3.10. The summed E-state index contributed by atoms with van der Waals surface area (Å²) < 4.78 is 5.24. The lowest BCUT2D eigenvalue weighted by Crippen LogP contribution is -2.49. The molecule has 1 amide bonds. The van der Waals surface area contributed by atoms with Crippen molar-refractivity contribution in [2.45, 2.75) is 38.1 Å². The molecule has 3 nitrogen and oxygen atoms in total. The predicted molar refractivity (Wildman–Crippen MR) is 49.3 cm³/mol. The number of hydrogen-bond acceptors (Lipinski definition) is 2. The Morgan fingerprint density at radius 3 is 2.69 bits per heavy atom. The molecule has 74 valence electrons. The highest BCUT2D eigenvalue weighted by atomic mass is 16.5. The van der Waals surface area contributed by atoms with E-state index in [1.165, 1.54) is 32.1 Å². The highest BCUT2D eigenvalue weighted by Crippen LogP contribution is 2.27. The number of rotatable bonds is 1. The fourth-order valence-electron chi connectivity index (χ4n) is 2.36. The maximum absolute atomic E-state index is 11.1. The minimum absolute atomic E-state index is 0.0572. The van der Waals surface area contributed by atoms with Crippen LogP contribution in [-0.2, 0) is 9.53 Å². The van der Waals surface area contributed by atoms with Crippen LogP contribution in [0.4, 0.5) is 0 Å². The summed E-state index contributed by atoms with van der Waals surface area (Å²) in [6, 6.07) is 0.293. The van der Waals surface area contributed by atoms with Crippen molar-refractivity contribution in [3.8, 4) is 0 Å². The topological polar surface area (TPSA) is 38.3 Å². The van der Waals surface area contributed by atoms with Gasteiger partial charge in [0.2, 0.25) is 5.91 Å². The molecule has 1 saturated carbocycles. The van der Waals surface area contributed by atoms with Crippen molar-refractivity contribution >= 4 is 5.91 Å². The summed E-state index contributed by atoms with van der Waals surface area (Å²) in [6.45, 7) is 0.972. The molecule has 0 spiro atoms. The molecule has 1 aliphatic heterocycles. The van der Waals surface area contributed by atoms with Gasteiger partial charge in [-0.2, -0.15) is 0 Å². The first-order valence-corrected chi connectivity index (χ1v) is 5.23. The van der Waals surface area contributed by atoms with Gasteiger partial charge in [0.1, 0.15) is 6.61 Å². The summed E-state index contributed by atoms with van der Waals surface area (Å²) >= 11 is 0. The SMILES string of the molecule is O=C1COC[C@@H](C2CCCCC2)N1. The molecule has 0 unspecified atom stereocenters. The Hall–Kier alpha value is -0.570. The highest BCUT2D eigenvalue weighted by Gasteiger charge is 2.27. The van der Waals surface area contributed by atoms with E-state index in [1.807, 2.05) is 0 Å². The van der Waals surface area contributed by atoms with E-state index in [0.717, 1.165) is 6.61 Å².